The van der Waals surface area contributed by atoms with E-state index < -0.39 is 5.97 Å². The molecule has 0 saturated heterocycles. The Kier molecular flexibility index (Phi) is 4.23. The minimum absolute atomic E-state index is 0.0557. The fourth-order valence-electron chi connectivity index (χ4n) is 2.37. The average molecular weight is 294 g/mol. The lowest BCUT2D eigenvalue weighted by Gasteiger charge is -2.07. The van der Waals surface area contributed by atoms with Crippen molar-refractivity contribution in [3.8, 4) is 0 Å². The molecule has 0 aliphatic carbocycles. The van der Waals surface area contributed by atoms with Gasteiger partial charge in [-0.15, -0.1) is 11.3 Å². The zero-order valence-corrected chi connectivity index (χ0v) is 12.6. The molecule has 0 spiro atoms. The SMILES string of the molecule is CCc1sc2nc(CC(C)CC(=O)O)[nH]c(=O)c2c1C. The summed E-state index contributed by atoms with van der Waals surface area (Å²) < 4.78 is 0. The van der Waals surface area contributed by atoms with E-state index in [1.54, 1.807) is 11.3 Å². The number of nitrogens with one attached hydrogen (secondary N) is 1. The number of fused-ring (bicyclic) bond motifs is 1. The molecule has 0 radical (unpaired) electrons. The lowest BCUT2D eigenvalue weighted by molar-refractivity contribution is -0.137. The first-order valence-electron chi connectivity index (χ1n) is 6.65. The van der Waals surface area contributed by atoms with Crippen molar-refractivity contribution in [2.24, 2.45) is 5.92 Å². The molecule has 0 fully saturated rings. The molecule has 20 heavy (non-hydrogen) atoms. The number of thiophene rings is 1. The average Bonchev–Trinajstić information content (AvgIpc) is 2.64. The molecule has 0 bridgehead atoms. The molecule has 1 unspecified atom stereocenters. The second-order valence-corrected chi connectivity index (χ2v) is 6.19. The minimum Gasteiger partial charge on any atom is -0.481 e. The predicted molar refractivity (Wildman–Crippen MR) is 79.5 cm³/mol. The predicted octanol–water partition coefficient (Wildman–Crippen LogP) is 2.51. The Bertz CT molecular complexity index is 702. The molecule has 0 saturated carbocycles. The Morgan fingerprint density at radius 3 is 2.80 bits per heavy atom. The van der Waals surface area contributed by atoms with E-state index in [1.165, 1.54) is 4.88 Å². The minimum atomic E-state index is -0.832. The number of aromatic nitrogens is 2. The number of aromatic amines is 1. The van der Waals surface area contributed by atoms with Gasteiger partial charge in [0.15, 0.2) is 0 Å². The van der Waals surface area contributed by atoms with Gasteiger partial charge in [0.2, 0.25) is 0 Å². The quantitative estimate of drug-likeness (QED) is 0.887. The van der Waals surface area contributed by atoms with E-state index in [2.05, 4.69) is 16.9 Å². The fraction of sp³-hybridized carbons (Fsp3) is 0.500. The van der Waals surface area contributed by atoms with Gasteiger partial charge in [0.05, 0.1) is 5.39 Å². The monoisotopic (exact) mass is 294 g/mol. The number of nitrogens with zero attached hydrogens (tertiary/aromatic N) is 1. The zero-order chi connectivity index (χ0) is 14.9. The topological polar surface area (TPSA) is 83.0 Å². The van der Waals surface area contributed by atoms with Crippen LogP contribution in [0.3, 0.4) is 0 Å². The highest BCUT2D eigenvalue weighted by Gasteiger charge is 2.15. The van der Waals surface area contributed by atoms with Crippen molar-refractivity contribution >= 4 is 27.5 Å². The van der Waals surface area contributed by atoms with Gasteiger partial charge in [-0.1, -0.05) is 13.8 Å². The molecule has 2 aromatic heterocycles. The van der Waals surface area contributed by atoms with E-state index >= 15 is 0 Å². The van der Waals surface area contributed by atoms with E-state index in [0.717, 1.165) is 16.8 Å². The molecule has 2 N–H and O–H groups in total. The van der Waals surface area contributed by atoms with Crippen LogP contribution in [0.25, 0.3) is 10.2 Å². The van der Waals surface area contributed by atoms with Crippen LogP contribution in [0.4, 0.5) is 0 Å². The van der Waals surface area contributed by atoms with E-state index in [0.29, 0.717) is 17.6 Å². The van der Waals surface area contributed by atoms with E-state index in [9.17, 15) is 9.59 Å². The second kappa shape index (κ2) is 5.75. The molecule has 0 aliphatic heterocycles. The number of carboxylic acid groups (broad SMARTS) is 1. The highest BCUT2D eigenvalue weighted by molar-refractivity contribution is 7.18. The van der Waals surface area contributed by atoms with Crippen molar-refractivity contribution in [1.29, 1.82) is 0 Å². The third-order valence-corrected chi connectivity index (χ3v) is 4.66. The first-order chi connectivity index (χ1) is 9.42. The van der Waals surface area contributed by atoms with Gasteiger partial charge >= 0.3 is 5.97 Å². The van der Waals surface area contributed by atoms with Crippen LogP contribution >= 0.6 is 11.3 Å². The van der Waals surface area contributed by atoms with Crippen LogP contribution in [0.5, 0.6) is 0 Å². The molecule has 1 atom stereocenters. The Labute approximate surface area is 120 Å². The molecule has 0 aliphatic rings. The lowest BCUT2D eigenvalue weighted by Crippen LogP contribution is -2.15. The van der Waals surface area contributed by atoms with Crippen LogP contribution in [-0.2, 0) is 17.6 Å². The third kappa shape index (κ3) is 2.90. The van der Waals surface area contributed by atoms with Crippen molar-refractivity contribution in [2.45, 2.75) is 40.0 Å². The number of rotatable bonds is 5. The maximum Gasteiger partial charge on any atom is 0.303 e. The Morgan fingerprint density at radius 2 is 2.20 bits per heavy atom. The number of H-pyrrole nitrogens is 1. The fourth-order valence-corrected chi connectivity index (χ4v) is 3.51. The molecular formula is C14H18N2O3S. The largest absolute Gasteiger partial charge is 0.481 e. The van der Waals surface area contributed by atoms with Crippen molar-refractivity contribution in [2.75, 3.05) is 0 Å². The summed E-state index contributed by atoms with van der Waals surface area (Å²) in [5.74, 6) is -0.318. The third-order valence-electron chi connectivity index (χ3n) is 3.33. The standard InChI is InChI=1S/C14H18N2O3S/c1-4-9-8(3)12-13(19)15-10(16-14(12)20-9)5-7(2)6-11(17)18/h7H,4-6H2,1-3H3,(H,17,18)(H,15,16,19). The second-order valence-electron chi connectivity index (χ2n) is 5.10. The van der Waals surface area contributed by atoms with Gasteiger partial charge in [-0.25, -0.2) is 4.98 Å². The van der Waals surface area contributed by atoms with Crippen LogP contribution in [0.15, 0.2) is 4.79 Å². The Balaban J connectivity index is 2.38. The summed E-state index contributed by atoms with van der Waals surface area (Å²) in [5, 5.41) is 9.44. The summed E-state index contributed by atoms with van der Waals surface area (Å²) in [4.78, 5) is 32.0. The number of hydrogen-bond donors (Lipinski definition) is 2. The van der Waals surface area contributed by atoms with Crippen molar-refractivity contribution in [1.82, 2.24) is 9.97 Å². The highest BCUT2D eigenvalue weighted by atomic mass is 32.1. The molecule has 2 heterocycles. The number of carbonyl (C=O) groups is 1. The van der Waals surface area contributed by atoms with Crippen molar-refractivity contribution in [3.05, 3.63) is 26.6 Å². The van der Waals surface area contributed by atoms with E-state index in [-0.39, 0.29) is 17.9 Å². The van der Waals surface area contributed by atoms with Crippen LogP contribution < -0.4 is 5.56 Å². The van der Waals surface area contributed by atoms with Crippen LogP contribution in [0, 0.1) is 12.8 Å². The number of hydrogen-bond acceptors (Lipinski definition) is 4. The van der Waals surface area contributed by atoms with Crippen molar-refractivity contribution in [3.63, 3.8) is 0 Å². The summed E-state index contributed by atoms with van der Waals surface area (Å²) in [7, 11) is 0. The number of aryl methyl sites for hydroxylation is 2. The van der Waals surface area contributed by atoms with Gasteiger partial charge in [-0.2, -0.15) is 0 Å². The van der Waals surface area contributed by atoms with Gasteiger partial charge in [-0.3, -0.25) is 9.59 Å². The van der Waals surface area contributed by atoms with Gasteiger partial charge in [0, 0.05) is 17.7 Å². The molecule has 0 amide bonds. The van der Waals surface area contributed by atoms with Gasteiger partial charge in [-0.05, 0) is 24.8 Å². The van der Waals surface area contributed by atoms with Crippen LogP contribution in [0.1, 0.15) is 36.5 Å². The van der Waals surface area contributed by atoms with E-state index in [4.69, 9.17) is 5.11 Å². The summed E-state index contributed by atoms with van der Waals surface area (Å²) in [6, 6.07) is 0. The number of carboxylic acids is 1. The lowest BCUT2D eigenvalue weighted by atomic mass is 10.0. The number of aliphatic carboxylic acids is 1. The maximum atomic E-state index is 12.1. The van der Waals surface area contributed by atoms with E-state index in [1.807, 2.05) is 13.8 Å². The van der Waals surface area contributed by atoms with Crippen molar-refractivity contribution < 1.29 is 9.90 Å². The molecular weight excluding hydrogens is 276 g/mol. The first kappa shape index (κ1) is 14.7. The molecule has 108 valence electrons. The first-order valence-corrected chi connectivity index (χ1v) is 7.47. The van der Waals surface area contributed by atoms with Gasteiger partial charge < -0.3 is 10.1 Å². The highest BCUT2D eigenvalue weighted by Crippen LogP contribution is 2.27. The van der Waals surface area contributed by atoms with Gasteiger partial charge in [0.1, 0.15) is 10.7 Å². The summed E-state index contributed by atoms with van der Waals surface area (Å²) in [6.45, 7) is 5.85. The summed E-state index contributed by atoms with van der Waals surface area (Å²) in [6.07, 6.45) is 1.43. The smallest absolute Gasteiger partial charge is 0.303 e. The van der Waals surface area contributed by atoms with Crippen LogP contribution in [0.2, 0.25) is 0 Å². The molecule has 2 rings (SSSR count). The van der Waals surface area contributed by atoms with Gasteiger partial charge in [0.25, 0.3) is 5.56 Å². The molecule has 6 heteroatoms. The summed E-state index contributed by atoms with van der Waals surface area (Å²) >= 11 is 1.55. The van der Waals surface area contributed by atoms with Crippen LogP contribution in [-0.4, -0.2) is 21.0 Å². The Morgan fingerprint density at radius 1 is 1.50 bits per heavy atom. The zero-order valence-electron chi connectivity index (χ0n) is 11.8. The Hall–Kier alpha value is -1.69. The molecule has 2 aromatic rings. The molecule has 5 nitrogen and oxygen atoms in total. The normalized spacial score (nSPS) is 12.8. The molecule has 0 aromatic carbocycles. The maximum absolute atomic E-state index is 12.1. The summed E-state index contributed by atoms with van der Waals surface area (Å²) in [5.41, 5.74) is 0.882.